The molecule has 6 heteroatoms. The third kappa shape index (κ3) is 5.99. The van der Waals surface area contributed by atoms with Gasteiger partial charge in [-0.25, -0.2) is 4.39 Å². The van der Waals surface area contributed by atoms with Crippen LogP contribution in [0, 0.1) is 11.7 Å². The van der Waals surface area contributed by atoms with Crippen LogP contribution >= 0.6 is 0 Å². The van der Waals surface area contributed by atoms with Gasteiger partial charge in [-0.3, -0.25) is 14.6 Å². The van der Waals surface area contributed by atoms with Crippen LogP contribution in [0.4, 0.5) is 4.39 Å². The fraction of sp³-hybridized carbons (Fsp3) is 0.316. The number of aromatic nitrogens is 1. The monoisotopic (exact) mass is 343 g/mol. The highest BCUT2D eigenvalue weighted by atomic mass is 19.1. The van der Waals surface area contributed by atoms with Crippen molar-refractivity contribution in [3.8, 4) is 0 Å². The number of halogens is 1. The van der Waals surface area contributed by atoms with Crippen molar-refractivity contribution >= 4 is 11.8 Å². The molecule has 0 atom stereocenters. The van der Waals surface area contributed by atoms with Gasteiger partial charge in [-0.15, -0.1) is 0 Å². The molecule has 132 valence electrons. The lowest BCUT2D eigenvalue weighted by molar-refractivity contribution is 0.0948. The normalized spacial score (nSPS) is 10.6. The van der Waals surface area contributed by atoms with Crippen molar-refractivity contribution < 1.29 is 14.0 Å². The Morgan fingerprint density at radius 2 is 1.64 bits per heavy atom. The molecule has 2 amide bonds. The number of carbonyl (C=O) groups is 2. The summed E-state index contributed by atoms with van der Waals surface area (Å²) in [4.78, 5) is 28.2. The zero-order valence-corrected chi connectivity index (χ0v) is 14.4. The number of hydrogen-bond donors (Lipinski definition) is 2. The number of nitrogens with one attached hydrogen (secondary N) is 2. The summed E-state index contributed by atoms with van der Waals surface area (Å²) in [6, 6.07) is 7.67. The van der Waals surface area contributed by atoms with E-state index in [-0.39, 0.29) is 17.6 Å². The van der Waals surface area contributed by atoms with Crippen LogP contribution in [0.5, 0.6) is 0 Å². The lowest BCUT2D eigenvalue weighted by atomic mass is 10.1. The van der Waals surface area contributed by atoms with Gasteiger partial charge < -0.3 is 10.6 Å². The van der Waals surface area contributed by atoms with E-state index in [1.54, 1.807) is 12.1 Å². The Morgan fingerprint density at radius 3 is 2.24 bits per heavy atom. The van der Waals surface area contributed by atoms with Crippen LogP contribution < -0.4 is 10.6 Å². The number of amides is 2. The van der Waals surface area contributed by atoms with E-state index in [0.29, 0.717) is 36.6 Å². The fourth-order valence-corrected chi connectivity index (χ4v) is 2.16. The minimum atomic E-state index is -0.298. The molecule has 0 saturated heterocycles. The average molecular weight is 343 g/mol. The molecular weight excluding hydrogens is 321 g/mol. The van der Waals surface area contributed by atoms with Crippen LogP contribution in [0.25, 0.3) is 0 Å². The van der Waals surface area contributed by atoms with Gasteiger partial charge in [0.05, 0.1) is 11.1 Å². The smallest absolute Gasteiger partial charge is 0.252 e. The predicted octanol–water partition coefficient (Wildman–Crippen LogP) is 2.58. The molecule has 0 saturated carbocycles. The van der Waals surface area contributed by atoms with Crippen molar-refractivity contribution in [1.82, 2.24) is 15.6 Å². The van der Waals surface area contributed by atoms with Gasteiger partial charge >= 0.3 is 0 Å². The highest BCUT2D eigenvalue weighted by molar-refractivity contribution is 5.99. The van der Waals surface area contributed by atoms with E-state index < -0.39 is 0 Å². The molecule has 0 bridgehead atoms. The second-order valence-electron chi connectivity index (χ2n) is 6.20. The first-order chi connectivity index (χ1) is 12.0. The molecule has 0 aliphatic heterocycles. The maximum Gasteiger partial charge on any atom is 0.252 e. The Morgan fingerprint density at radius 1 is 1.04 bits per heavy atom. The molecule has 5 nitrogen and oxygen atoms in total. The zero-order chi connectivity index (χ0) is 18.2. The van der Waals surface area contributed by atoms with Gasteiger partial charge in [0.2, 0.25) is 0 Å². The summed E-state index contributed by atoms with van der Waals surface area (Å²) in [5.74, 6) is -0.489. The van der Waals surface area contributed by atoms with Crippen molar-refractivity contribution in [2.45, 2.75) is 20.3 Å². The van der Waals surface area contributed by atoms with E-state index in [0.717, 1.165) is 5.56 Å². The number of rotatable bonds is 7. The van der Waals surface area contributed by atoms with Crippen molar-refractivity contribution in [3.05, 3.63) is 65.2 Å². The van der Waals surface area contributed by atoms with Gasteiger partial charge in [0.1, 0.15) is 5.82 Å². The van der Waals surface area contributed by atoms with E-state index in [1.165, 1.54) is 30.6 Å². The lowest BCUT2D eigenvalue weighted by Gasteiger charge is -2.09. The second kappa shape index (κ2) is 8.92. The summed E-state index contributed by atoms with van der Waals surface area (Å²) in [7, 11) is 0. The van der Waals surface area contributed by atoms with E-state index in [1.807, 2.05) is 13.8 Å². The van der Waals surface area contributed by atoms with Gasteiger partial charge in [0, 0.05) is 25.5 Å². The predicted molar refractivity (Wildman–Crippen MR) is 93.8 cm³/mol. The molecular formula is C19H22FN3O2. The van der Waals surface area contributed by atoms with Crippen LogP contribution in [0.15, 0.2) is 42.7 Å². The van der Waals surface area contributed by atoms with Gasteiger partial charge in [0.25, 0.3) is 11.8 Å². The van der Waals surface area contributed by atoms with Crippen molar-refractivity contribution in [2.24, 2.45) is 5.92 Å². The first-order valence-corrected chi connectivity index (χ1v) is 8.21. The summed E-state index contributed by atoms with van der Waals surface area (Å²) < 4.78 is 12.9. The Hall–Kier alpha value is -2.76. The van der Waals surface area contributed by atoms with Gasteiger partial charge in [-0.05, 0) is 36.1 Å². The molecule has 1 aromatic carbocycles. The highest BCUT2D eigenvalue weighted by Crippen LogP contribution is 2.05. The summed E-state index contributed by atoms with van der Waals surface area (Å²) in [6.45, 7) is 4.98. The third-order valence-electron chi connectivity index (χ3n) is 3.55. The van der Waals surface area contributed by atoms with Crippen molar-refractivity contribution in [1.29, 1.82) is 0 Å². The molecule has 2 rings (SSSR count). The van der Waals surface area contributed by atoms with E-state index in [2.05, 4.69) is 15.6 Å². The molecule has 1 heterocycles. The van der Waals surface area contributed by atoms with E-state index in [4.69, 9.17) is 0 Å². The number of pyridine rings is 1. The summed E-state index contributed by atoms with van der Waals surface area (Å²) in [5, 5.41) is 5.57. The van der Waals surface area contributed by atoms with E-state index >= 15 is 0 Å². The standard InChI is InChI=1S/C19H22FN3O2/c1-13(2)10-23-19(25)16-9-15(11-21-12-16)18(24)22-8-7-14-3-5-17(20)6-4-14/h3-6,9,11-13H,7-8,10H2,1-2H3,(H,22,24)(H,23,25). The molecule has 0 aliphatic rings. The largest absolute Gasteiger partial charge is 0.352 e. The molecule has 0 unspecified atom stereocenters. The SMILES string of the molecule is CC(C)CNC(=O)c1cncc(C(=O)NCCc2ccc(F)cc2)c1. The minimum Gasteiger partial charge on any atom is -0.352 e. The molecule has 0 radical (unpaired) electrons. The van der Waals surface area contributed by atoms with Crippen molar-refractivity contribution in [2.75, 3.05) is 13.1 Å². The lowest BCUT2D eigenvalue weighted by Crippen LogP contribution is -2.29. The van der Waals surface area contributed by atoms with Gasteiger partial charge in [-0.2, -0.15) is 0 Å². The van der Waals surface area contributed by atoms with Crippen LogP contribution in [0.2, 0.25) is 0 Å². The quantitative estimate of drug-likeness (QED) is 0.812. The third-order valence-corrected chi connectivity index (χ3v) is 3.55. The molecule has 0 fully saturated rings. The molecule has 2 aromatic rings. The van der Waals surface area contributed by atoms with Gasteiger partial charge in [0.15, 0.2) is 0 Å². The average Bonchev–Trinajstić information content (AvgIpc) is 2.61. The topological polar surface area (TPSA) is 71.1 Å². The Bertz CT molecular complexity index is 730. The first-order valence-electron chi connectivity index (χ1n) is 8.21. The molecule has 25 heavy (non-hydrogen) atoms. The van der Waals surface area contributed by atoms with Gasteiger partial charge in [-0.1, -0.05) is 26.0 Å². The van der Waals surface area contributed by atoms with Crippen LogP contribution in [0.1, 0.15) is 40.1 Å². The molecule has 0 aliphatic carbocycles. The number of hydrogen-bond acceptors (Lipinski definition) is 3. The Kier molecular flexibility index (Phi) is 6.62. The van der Waals surface area contributed by atoms with Crippen LogP contribution in [-0.2, 0) is 6.42 Å². The second-order valence-corrected chi connectivity index (χ2v) is 6.20. The van der Waals surface area contributed by atoms with E-state index in [9.17, 15) is 14.0 Å². The number of nitrogens with zero attached hydrogens (tertiary/aromatic N) is 1. The highest BCUT2D eigenvalue weighted by Gasteiger charge is 2.11. The maximum absolute atomic E-state index is 12.9. The zero-order valence-electron chi connectivity index (χ0n) is 14.4. The summed E-state index contributed by atoms with van der Waals surface area (Å²) in [5.41, 5.74) is 1.62. The van der Waals surface area contributed by atoms with Crippen LogP contribution in [-0.4, -0.2) is 29.9 Å². The first kappa shape index (κ1) is 18.6. The summed E-state index contributed by atoms with van der Waals surface area (Å²) in [6.07, 6.45) is 3.45. The van der Waals surface area contributed by atoms with Crippen molar-refractivity contribution in [3.63, 3.8) is 0 Å². The Labute approximate surface area is 146 Å². The number of benzene rings is 1. The van der Waals surface area contributed by atoms with Crippen LogP contribution in [0.3, 0.4) is 0 Å². The number of carbonyl (C=O) groups excluding carboxylic acids is 2. The maximum atomic E-state index is 12.9. The molecule has 2 N–H and O–H groups in total. The Balaban J connectivity index is 1.89. The summed E-state index contributed by atoms with van der Waals surface area (Å²) >= 11 is 0. The minimum absolute atomic E-state index is 0.248. The molecule has 1 aromatic heterocycles. The molecule has 0 spiro atoms. The fourth-order valence-electron chi connectivity index (χ4n) is 2.16.